The van der Waals surface area contributed by atoms with E-state index in [4.69, 9.17) is 16.3 Å². The van der Waals surface area contributed by atoms with Gasteiger partial charge in [-0.15, -0.1) is 0 Å². The van der Waals surface area contributed by atoms with Crippen LogP contribution in [-0.4, -0.2) is 18.2 Å². The fraction of sp³-hybridized carbons (Fsp3) is 0.125. The third kappa shape index (κ3) is 4.86. The van der Waals surface area contributed by atoms with Crippen LogP contribution in [0.25, 0.3) is 0 Å². The van der Waals surface area contributed by atoms with Gasteiger partial charge in [-0.3, -0.25) is 4.79 Å². The molecule has 0 saturated carbocycles. The van der Waals surface area contributed by atoms with E-state index in [1.807, 2.05) is 24.3 Å². The van der Waals surface area contributed by atoms with Crippen molar-refractivity contribution in [3.8, 4) is 5.75 Å². The van der Waals surface area contributed by atoms with Crippen molar-refractivity contribution >= 4 is 39.7 Å². The lowest BCUT2D eigenvalue weighted by molar-refractivity contribution is -0.127. The molecule has 0 aliphatic rings. The van der Waals surface area contributed by atoms with Crippen molar-refractivity contribution in [1.29, 1.82) is 0 Å². The van der Waals surface area contributed by atoms with Gasteiger partial charge in [-0.05, 0) is 37.3 Å². The molecule has 2 aromatic rings. The molecular formula is C16H14BrClN2O2. The second kappa shape index (κ2) is 7.96. The maximum Gasteiger partial charge on any atom is 0.280 e. The minimum Gasteiger partial charge on any atom is -0.481 e. The highest BCUT2D eigenvalue weighted by Crippen LogP contribution is 2.17. The standard InChI is InChI=1S/C16H14BrClN2O2/c1-11(22-14-8-6-13(18)7-9-14)16(21)20-19-10-12-4-2-3-5-15(12)17/h2-11H,1H3,(H,20,21). The molecule has 2 aromatic carbocycles. The molecule has 0 saturated heterocycles. The Morgan fingerprint density at radius 1 is 1.27 bits per heavy atom. The van der Waals surface area contributed by atoms with E-state index in [0.29, 0.717) is 10.8 Å². The highest BCUT2D eigenvalue weighted by molar-refractivity contribution is 9.10. The number of benzene rings is 2. The van der Waals surface area contributed by atoms with Crippen LogP contribution in [0.5, 0.6) is 5.75 Å². The highest BCUT2D eigenvalue weighted by Gasteiger charge is 2.13. The van der Waals surface area contributed by atoms with Crippen LogP contribution in [0, 0.1) is 0 Å². The number of halogens is 2. The third-order valence-electron chi connectivity index (χ3n) is 2.78. The highest BCUT2D eigenvalue weighted by atomic mass is 79.9. The van der Waals surface area contributed by atoms with Gasteiger partial charge in [0.05, 0.1) is 6.21 Å². The van der Waals surface area contributed by atoms with E-state index >= 15 is 0 Å². The maximum atomic E-state index is 11.9. The predicted octanol–water partition coefficient (Wildman–Crippen LogP) is 4.02. The van der Waals surface area contributed by atoms with Crippen LogP contribution in [0.1, 0.15) is 12.5 Å². The summed E-state index contributed by atoms with van der Waals surface area (Å²) in [6, 6.07) is 14.4. The van der Waals surface area contributed by atoms with Crippen LogP contribution in [0.3, 0.4) is 0 Å². The van der Waals surface area contributed by atoms with E-state index in [1.165, 1.54) is 0 Å². The lowest BCUT2D eigenvalue weighted by Gasteiger charge is -2.12. The fourth-order valence-corrected chi connectivity index (χ4v) is 2.12. The van der Waals surface area contributed by atoms with Crippen molar-refractivity contribution in [2.24, 2.45) is 5.10 Å². The summed E-state index contributed by atoms with van der Waals surface area (Å²) in [7, 11) is 0. The zero-order valence-corrected chi connectivity index (χ0v) is 14.1. The number of nitrogens with zero attached hydrogens (tertiary/aromatic N) is 1. The van der Waals surface area contributed by atoms with Crippen molar-refractivity contribution in [2.45, 2.75) is 13.0 Å². The zero-order chi connectivity index (χ0) is 15.9. The van der Waals surface area contributed by atoms with Gasteiger partial charge < -0.3 is 4.74 Å². The van der Waals surface area contributed by atoms with Gasteiger partial charge in [0.15, 0.2) is 6.10 Å². The van der Waals surface area contributed by atoms with Crippen molar-refractivity contribution in [1.82, 2.24) is 5.43 Å². The number of amides is 1. The number of hydrogen-bond donors (Lipinski definition) is 1. The summed E-state index contributed by atoms with van der Waals surface area (Å²) >= 11 is 9.20. The van der Waals surface area contributed by atoms with Crippen molar-refractivity contribution < 1.29 is 9.53 Å². The van der Waals surface area contributed by atoms with Crippen molar-refractivity contribution in [3.05, 3.63) is 63.6 Å². The van der Waals surface area contributed by atoms with Crippen LogP contribution in [0.2, 0.25) is 5.02 Å². The van der Waals surface area contributed by atoms with E-state index in [9.17, 15) is 4.79 Å². The Balaban J connectivity index is 1.89. The summed E-state index contributed by atoms with van der Waals surface area (Å²) < 4.78 is 6.41. The Morgan fingerprint density at radius 2 is 1.95 bits per heavy atom. The molecule has 0 spiro atoms. The summed E-state index contributed by atoms with van der Waals surface area (Å²) in [6.45, 7) is 1.65. The first-order valence-electron chi connectivity index (χ1n) is 6.56. The molecule has 6 heteroatoms. The van der Waals surface area contributed by atoms with Crippen molar-refractivity contribution in [3.63, 3.8) is 0 Å². The molecule has 0 aliphatic carbocycles. The Hall–Kier alpha value is -1.85. The number of carbonyl (C=O) groups excluding carboxylic acids is 1. The molecule has 0 aliphatic heterocycles. The molecule has 1 amide bonds. The normalized spacial score (nSPS) is 12.1. The first kappa shape index (κ1) is 16.5. The maximum absolute atomic E-state index is 11.9. The van der Waals surface area contributed by atoms with Crippen LogP contribution < -0.4 is 10.2 Å². The second-order valence-corrected chi connectivity index (χ2v) is 5.76. The fourth-order valence-electron chi connectivity index (χ4n) is 1.61. The van der Waals surface area contributed by atoms with E-state index in [-0.39, 0.29) is 5.91 Å². The molecule has 0 fully saturated rings. The summed E-state index contributed by atoms with van der Waals surface area (Å²) in [5.41, 5.74) is 3.32. The molecule has 114 valence electrons. The van der Waals surface area contributed by atoms with Gasteiger partial charge in [0.2, 0.25) is 0 Å². The Kier molecular flexibility index (Phi) is 5.98. The molecule has 1 unspecified atom stereocenters. The minimum absolute atomic E-state index is 0.335. The van der Waals surface area contributed by atoms with Gasteiger partial charge in [-0.25, -0.2) is 5.43 Å². The number of nitrogens with one attached hydrogen (secondary N) is 1. The van der Waals surface area contributed by atoms with Gasteiger partial charge in [-0.2, -0.15) is 5.10 Å². The van der Waals surface area contributed by atoms with Gasteiger partial charge in [-0.1, -0.05) is 45.7 Å². The zero-order valence-electron chi connectivity index (χ0n) is 11.8. The van der Waals surface area contributed by atoms with Crippen LogP contribution in [0.15, 0.2) is 58.1 Å². The first-order valence-corrected chi connectivity index (χ1v) is 7.73. The van der Waals surface area contributed by atoms with Gasteiger partial charge in [0.25, 0.3) is 5.91 Å². The first-order chi connectivity index (χ1) is 10.6. The minimum atomic E-state index is -0.669. The molecule has 4 nitrogen and oxygen atoms in total. The third-order valence-corrected chi connectivity index (χ3v) is 3.75. The quantitative estimate of drug-likeness (QED) is 0.628. The number of rotatable bonds is 5. The molecular weight excluding hydrogens is 368 g/mol. The summed E-state index contributed by atoms with van der Waals surface area (Å²) in [5.74, 6) is 0.236. The number of carbonyl (C=O) groups is 1. The van der Waals surface area contributed by atoms with E-state index in [0.717, 1.165) is 10.0 Å². The van der Waals surface area contributed by atoms with Gasteiger partial charge in [0, 0.05) is 15.1 Å². The molecule has 1 N–H and O–H groups in total. The van der Waals surface area contributed by atoms with Crippen LogP contribution in [-0.2, 0) is 4.79 Å². The Labute approximate surface area is 142 Å². The van der Waals surface area contributed by atoms with E-state index < -0.39 is 6.10 Å². The number of hydrazone groups is 1. The lowest BCUT2D eigenvalue weighted by Crippen LogP contribution is -2.33. The molecule has 0 bridgehead atoms. The number of hydrogen-bond acceptors (Lipinski definition) is 3. The molecule has 1 atom stereocenters. The smallest absolute Gasteiger partial charge is 0.280 e. The molecule has 0 aromatic heterocycles. The van der Waals surface area contributed by atoms with Gasteiger partial charge >= 0.3 is 0 Å². The summed E-state index contributed by atoms with van der Waals surface area (Å²) in [4.78, 5) is 11.9. The van der Waals surface area contributed by atoms with Crippen LogP contribution >= 0.6 is 27.5 Å². The summed E-state index contributed by atoms with van der Waals surface area (Å²) in [6.07, 6.45) is 0.898. The second-order valence-electron chi connectivity index (χ2n) is 4.47. The Morgan fingerprint density at radius 3 is 2.64 bits per heavy atom. The topological polar surface area (TPSA) is 50.7 Å². The van der Waals surface area contributed by atoms with E-state index in [1.54, 1.807) is 37.4 Å². The number of ether oxygens (including phenoxy) is 1. The average molecular weight is 382 g/mol. The van der Waals surface area contributed by atoms with E-state index in [2.05, 4.69) is 26.5 Å². The SMILES string of the molecule is CC(Oc1ccc(Cl)cc1)C(=O)NN=Cc1ccccc1Br. The predicted molar refractivity (Wildman–Crippen MR) is 91.4 cm³/mol. The summed E-state index contributed by atoms with van der Waals surface area (Å²) in [5, 5.41) is 4.54. The van der Waals surface area contributed by atoms with Crippen molar-refractivity contribution in [2.75, 3.05) is 0 Å². The molecule has 0 heterocycles. The van der Waals surface area contributed by atoms with Gasteiger partial charge in [0.1, 0.15) is 5.75 Å². The molecule has 0 radical (unpaired) electrons. The molecule has 22 heavy (non-hydrogen) atoms. The molecule has 2 rings (SSSR count). The van der Waals surface area contributed by atoms with Crippen LogP contribution in [0.4, 0.5) is 0 Å². The average Bonchev–Trinajstić information content (AvgIpc) is 2.51. The Bertz CT molecular complexity index is 674. The lowest BCUT2D eigenvalue weighted by atomic mass is 10.2. The monoisotopic (exact) mass is 380 g/mol. The largest absolute Gasteiger partial charge is 0.481 e.